The third kappa shape index (κ3) is 5.37. The maximum absolute atomic E-state index is 13.5. The van der Waals surface area contributed by atoms with Crippen LogP contribution in [0.5, 0.6) is 5.75 Å². The van der Waals surface area contributed by atoms with E-state index < -0.39 is 0 Å². The van der Waals surface area contributed by atoms with Crippen LogP contribution in [0.3, 0.4) is 0 Å². The fraction of sp³-hybridized carbons (Fsp3) is 0.200. The van der Waals surface area contributed by atoms with Crippen molar-refractivity contribution in [2.75, 3.05) is 0 Å². The van der Waals surface area contributed by atoms with Crippen LogP contribution in [0.25, 0.3) is 0 Å². The summed E-state index contributed by atoms with van der Waals surface area (Å²) in [6, 6.07) is 27.3. The molecule has 0 saturated heterocycles. The first-order valence-corrected chi connectivity index (χ1v) is 10.6. The van der Waals surface area contributed by atoms with E-state index in [9.17, 15) is 4.79 Å². The van der Waals surface area contributed by atoms with Crippen molar-refractivity contribution in [1.82, 2.24) is 25.1 Å². The number of carbonyl (C=O) groups excluding carboxylic acids is 1. The normalized spacial score (nSPS) is 10.7. The largest absolute Gasteiger partial charge is 0.486 e. The Balaban J connectivity index is 1.52. The lowest BCUT2D eigenvalue weighted by atomic mass is 10.1. The van der Waals surface area contributed by atoms with Crippen molar-refractivity contribution in [1.29, 1.82) is 0 Å². The number of aromatic nitrogens is 4. The van der Waals surface area contributed by atoms with Gasteiger partial charge < -0.3 is 9.64 Å². The Hall–Kier alpha value is -4.00. The second-order valence-corrected chi connectivity index (χ2v) is 7.36. The number of amides is 1. The van der Waals surface area contributed by atoms with E-state index in [4.69, 9.17) is 4.74 Å². The molecular formula is C25H25N5O2. The quantitative estimate of drug-likeness (QED) is 0.402. The molecule has 0 atom stereocenters. The first-order valence-electron chi connectivity index (χ1n) is 10.6. The highest BCUT2D eigenvalue weighted by molar-refractivity contribution is 5.94. The SMILES string of the molecule is CCn1nnnc1COc1cccc(C(=O)N(Cc2ccccc2)Cc2ccccc2)c1. The van der Waals surface area contributed by atoms with Gasteiger partial charge in [0.1, 0.15) is 12.4 Å². The smallest absolute Gasteiger partial charge is 0.254 e. The summed E-state index contributed by atoms with van der Waals surface area (Å²) >= 11 is 0. The topological polar surface area (TPSA) is 73.1 Å². The molecule has 0 unspecified atom stereocenters. The lowest BCUT2D eigenvalue weighted by Crippen LogP contribution is -2.30. The summed E-state index contributed by atoms with van der Waals surface area (Å²) in [4.78, 5) is 15.3. The van der Waals surface area contributed by atoms with E-state index in [1.807, 2.05) is 90.7 Å². The van der Waals surface area contributed by atoms with E-state index >= 15 is 0 Å². The van der Waals surface area contributed by atoms with Gasteiger partial charge in [0, 0.05) is 25.2 Å². The van der Waals surface area contributed by atoms with E-state index in [-0.39, 0.29) is 12.5 Å². The monoisotopic (exact) mass is 427 g/mol. The Morgan fingerprint density at radius 1 is 0.906 bits per heavy atom. The Kier molecular flexibility index (Phi) is 6.87. The van der Waals surface area contributed by atoms with Crippen LogP contribution in [0.2, 0.25) is 0 Å². The fourth-order valence-electron chi connectivity index (χ4n) is 3.43. The number of carbonyl (C=O) groups is 1. The zero-order valence-corrected chi connectivity index (χ0v) is 18.0. The van der Waals surface area contributed by atoms with Crippen molar-refractivity contribution in [3.05, 3.63) is 107 Å². The van der Waals surface area contributed by atoms with Crippen molar-refractivity contribution in [3.8, 4) is 5.75 Å². The van der Waals surface area contributed by atoms with Gasteiger partial charge in [0.25, 0.3) is 5.91 Å². The Morgan fingerprint density at radius 2 is 1.56 bits per heavy atom. The van der Waals surface area contributed by atoms with Crippen molar-refractivity contribution >= 4 is 5.91 Å². The molecule has 0 N–H and O–H groups in total. The summed E-state index contributed by atoms with van der Waals surface area (Å²) in [5, 5.41) is 11.6. The Bertz CT molecular complexity index is 1100. The first-order chi connectivity index (χ1) is 15.7. The molecule has 0 saturated carbocycles. The lowest BCUT2D eigenvalue weighted by molar-refractivity contribution is 0.0729. The molecule has 0 fully saturated rings. The number of hydrogen-bond acceptors (Lipinski definition) is 5. The summed E-state index contributed by atoms with van der Waals surface area (Å²) in [6.07, 6.45) is 0. The van der Waals surface area contributed by atoms with Gasteiger partial charge in [-0.1, -0.05) is 66.7 Å². The minimum Gasteiger partial charge on any atom is -0.486 e. The van der Waals surface area contributed by atoms with Gasteiger partial charge in [-0.05, 0) is 46.7 Å². The third-order valence-electron chi connectivity index (χ3n) is 5.07. The van der Waals surface area contributed by atoms with Crippen molar-refractivity contribution in [3.63, 3.8) is 0 Å². The Morgan fingerprint density at radius 3 is 2.19 bits per heavy atom. The zero-order valence-electron chi connectivity index (χ0n) is 18.0. The van der Waals surface area contributed by atoms with Crippen molar-refractivity contribution < 1.29 is 9.53 Å². The third-order valence-corrected chi connectivity index (χ3v) is 5.07. The van der Waals surface area contributed by atoms with Crippen LogP contribution in [0.15, 0.2) is 84.9 Å². The lowest BCUT2D eigenvalue weighted by Gasteiger charge is -2.23. The van der Waals surface area contributed by atoms with Crippen LogP contribution >= 0.6 is 0 Å². The molecule has 0 radical (unpaired) electrons. The molecule has 0 spiro atoms. The molecule has 0 aliphatic rings. The molecule has 1 aromatic heterocycles. The van der Waals surface area contributed by atoms with E-state index in [0.717, 1.165) is 11.1 Å². The predicted octanol–water partition coefficient (Wildman–Crippen LogP) is 4.11. The Labute approximate surface area is 187 Å². The molecule has 3 aromatic carbocycles. The first kappa shape index (κ1) is 21.2. The van der Waals surface area contributed by atoms with Gasteiger partial charge in [-0.15, -0.1) is 5.10 Å². The van der Waals surface area contributed by atoms with Gasteiger partial charge in [0.15, 0.2) is 5.82 Å². The number of nitrogens with zero attached hydrogens (tertiary/aromatic N) is 5. The number of rotatable bonds is 9. The summed E-state index contributed by atoms with van der Waals surface area (Å²) in [5.41, 5.74) is 2.73. The molecule has 1 heterocycles. The average Bonchev–Trinajstić information content (AvgIpc) is 3.31. The van der Waals surface area contributed by atoms with Crippen LogP contribution < -0.4 is 4.74 Å². The highest BCUT2D eigenvalue weighted by atomic mass is 16.5. The second kappa shape index (κ2) is 10.3. The van der Waals surface area contributed by atoms with Gasteiger partial charge in [0.05, 0.1) is 0 Å². The van der Waals surface area contributed by atoms with Gasteiger partial charge >= 0.3 is 0 Å². The van der Waals surface area contributed by atoms with Crippen molar-refractivity contribution in [2.45, 2.75) is 33.2 Å². The molecule has 0 aliphatic heterocycles. The predicted molar refractivity (Wildman–Crippen MR) is 121 cm³/mol. The van der Waals surface area contributed by atoms with Gasteiger partial charge in [0.2, 0.25) is 0 Å². The summed E-state index contributed by atoms with van der Waals surface area (Å²) < 4.78 is 7.54. The molecule has 4 aromatic rings. The molecule has 0 bridgehead atoms. The molecule has 32 heavy (non-hydrogen) atoms. The number of hydrogen-bond donors (Lipinski definition) is 0. The van der Waals surface area contributed by atoms with Crippen molar-refractivity contribution in [2.24, 2.45) is 0 Å². The molecule has 7 nitrogen and oxygen atoms in total. The maximum Gasteiger partial charge on any atom is 0.254 e. The van der Waals surface area contributed by atoms with E-state index in [2.05, 4.69) is 15.5 Å². The van der Waals surface area contributed by atoms with E-state index in [1.54, 1.807) is 10.7 Å². The van der Waals surface area contributed by atoms with Gasteiger partial charge in [-0.3, -0.25) is 4.79 Å². The number of aryl methyl sites for hydroxylation is 1. The average molecular weight is 428 g/mol. The minimum absolute atomic E-state index is 0.0541. The molecule has 1 amide bonds. The number of benzene rings is 3. The number of tetrazole rings is 1. The van der Waals surface area contributed by atoms with Crippen LogP contribution in [0, 0.1) is 0 Å². The van der Waals surface area contributed by atoms with Crippen LogP contribution in [-0.2, 0) is 26.2 Å². The number of ether oxygens (including phenoxy) is 1. The van der Waals surface area contributed by atoms with E-state index in [0.29, 0.717) is 36.8 Å². The van der Waals surface area contributed by atoms with Crippen LogP contribution in [0.1, 0.15) is 34.2 Å². The van der Waals surface area contributed by atoms with E-state index in [1.165, 1.54) is 0 Å². The fourth-order valence-corrected chi connectivity index (χ4v) is 3.43. The van der Waals surface area contributed by atoms with Gasteiger partial charge in [-0.2, -0.15) is 0 Å². The maximum atomic E-state index is 13.5. The summed E-state index contributed by atoms with van der Waals surface area (Å²) in [5.74, 6) is 1.18. The molecular weight excluding hydrogens is 402 g/mol. The molecule has 4 rings (SSSR count). The highest BCUT2D eigenvalue weighted by Gasteiger charge is 2.18. The van der Waals surface area contributed by atoms with Crippen LogP contribution in [-0.4, -0.2) is 31.0 Å². The molecule has 162 valence electrons. The second-order valence-electron chi connectivity index (χ2n) is 7.36. The molecule has 7 heteroatoms. The standard InChI is InChI=1S/C25H25N5O2/c1-2-30-24(26-27-28-30)19-32-23-15-9-14-22(16-23)25(31)29(17-20-10-5-3-6-11-20)18-21-12-7-4-8-13-21/h3-16H,2,17-19H2,1H3. The summed E-state index contributed by atoms with van der Waals surface area (Å²) in [6.45, 7) is 3.90. The zero-order chi connectivity index (χ0) is 22.2. The minimum atomic E-state index is -0.0541. The summed E-state index contributed by atoms with van der Waals surface area (Å²) in [7, 11) is 0. The highest BCUT2D eigenvalue weighted by Crippen LogP contribution is 2.19. The van der Waals surface area contributed by atoms with Crippen LogP contribution in [0.4, 0.5) is 0 Å². The molecule has 0 aliphatic carbocycles. The van der Waals surface area contributed by atoms with Gasteiger partial charge in [-0.25, -0.2) is 4.68 Å².